The minimum absolute atomic E-state index is 0.0243. The highest BCUT2D eigenvalue weighted by Gasteiger charge is 2.29. The Morgan fingerprint density at radius 3 is 2.78 bits per heavy atom. The monoisotopic (exact) mass is 328 g/mol. The summed E-state index contributed by atoms with van der Waals surface area (Å²) in [5, 5.41) is 6.54. The number of likely N-dealkylation sites (N-methyl/N-ethyl adjacent to an activating group) is 1. The van der Waals surface area contributed by atoms with Crippen LogP contribution in [0.5, 0.6) is 0 Å². The highest BCUT2D eigenvalue weighted by atomic mass is 16.5. The Hall–Kier alpha value is -1.34. The van der Waals surface area contributed by atoms with Crippen molar-refractivity contribution in [3.8, 4) is 0 Å². The van der Waals surface area contributed by atoms with Gasteiger partial charge in [-0.2, -0.15) is 0 Å². The lowest BCUT2D eigenvalue weighted by molar-refractivity contribution is -0.127. The Morgan fingerprint density at radius 1 is 1.39 bits per heavy atom. The van der Waals surface area contributed by atoms with Crippen molar-refractivity contribution >= 4 is 11.9 Å². The van der Waals surface area contributed by atoms with Gasteiger partial charge in [0.2, 0.25) is 5.91 Å². The number of rotatable bonds is 9. The third-order valence-corrected chi connectivity index (χ3v) is 3.76. The second kappa shape index (κ2) is 10.4. The Balaban J connectivity index is 2.46. The molecule has 0 radical (unpaired) electrons. The summed E-state index contributed by atoms with van der Waals surface area (Å²) in [6.07, 6.45) is 3.02. The van der Waals surface area contributed by atoms with Crippen LogP contribution in [0.4, 0.5) is 0 Å². The van der Waals surface area contributed by atoms with Crippen LogP contribution in [0.25, 0.3) is 0 Å². The summed E-state index contributed by atoms with van der Waals surface area (Å²) in [5.41, 5.74) is -0.153. The van der Waals surface area contributed by atoms with Crippen LogP contribution < -0.4 is 10.6 Å². The van der Waals surface area contributed by atoms with Gasteiger partial charge in [-0.3, -0.25) is 4.79 Å². The Kier molecular flexibility index (Phi) is 8.94. The van der Waals surface area contributed by atoms with E-state index < -0.39 is 0 Å². The standard InChI is InChI=1S/C16H32N4O3/c1-5-22-10-7-9-17-15(18-12-14(21)20(3)4)19-13-16(2)8-6-11-23-16/h5-13H2,1-4H3,(H2,17,18,19). The molecule has 0 spiro atoms. The normalized spacial score (nSPS) is 21.3. The minimum atomic E-state index is -0.153. The topological polar surface area (TPSA) is 75.2 Å². The SMILES string of the molecule is CCOCCCNC(=NCC(=O)N(C)C)NCC1(C)CCCO1. The number of carbonyl (C=O) groups excluding carboxylic acids is 1. The smallest absolute Gasteiger partial charge is 0.243 e. The lowest BCUT2D eigenvalue weighted by Crippen LogP contribution is -2.46. The van der Waals surface area contributed by atoms with Gasteiger partial charge in [0.05, 0.1) is 5.60 Å². The zero-order chi connectivity index (χ0) is 17.1. The van der Waals surface area contributed by atoms with E-state index in [4.69, 9.17) is 9.47 Å². The summed E-state index contributed by atoms with van der Waals surface area (Å²) in [5.74, 6) is 0.622. The fourth-order valence-corrected chi connectivity index (χ4v) is 2.23. The van der Waals surface area contributed by atoms with Gasteiger partial charge < -0.3 is 25.0 Å². The van der Waals surface area contributed by atoms with Gasteiger partial charge in [-0.1, -0.05) is 0 Å². The number of ether oxygens (including phenoxy) is 2. The molecule has 0 bridgehead atoms. The van der Waals surface area contributed by atoms with Crippen LogP contribution in [0.2, 0.25) is 0 Å². The lowest BCUT2D eigenvalue weighted by Gasteiger charge is -2.25. The molecule has 134 valence electrons. The molecule has 7 heteroatoms. The molecular weight excluding hydrogens is 296 g/mol. The van der Waals surface area contributed by atoms with Gasteiger partial charge in [0, 0.05) is 47.0 Å². The van der Waals surface area contributed by atoms with Crippen molar-refractivity contribution in [2.45, 2.75) is 38.7 Å². The van der Waals surface area contributed by atoms with E-state index in [9.17, 15) is 4.79 Å². The number of amides is 1. The number of carbonyl (C=O) groups is 1. The number of guanidine groups is 1. The molecule has 1 rings (SSSR count). The van der Waals surface area contributed by atoms with Crippen molar-refractivity contribution in [2.24, 2.45) is 4.99 Å². The molecule has 0 saturated carbocycles. The summed E-state index contributed by atoms with van der Waals surface area (Å²) in [7, 11) is 3.46. The molecule has 1 fully saturated rings. The number of hydrogen-bond donors (Lipinski definition) is 2. The maximum absolute atomic E-state index is 11.7. The molecule has 7 nitrogen and oxygen atoms in total. The molecular formula is C16H32N4O3. The van der Waals surface area contributed by atoms with Crippen LogP contribution in [-0.2, 0) is 14.3 Å². The predicted octanol–water partition coefficient (Wildman–Crippen LogP) is 0.606. The maximum atomic E-state index is 11.7. The molecule has 1 saturated heterocycles. The molecule has 0 aliphatic carbocycles. The molecule has 23 heavy (non-hydrogen) atoms. The number of nitrogens with one attached hydrogen (secondary N) is 2. The second-order valence-electron chi connectivity index (χ2n) is 6.19. The summed E-state index contributed by atoms with van der Waals surface area (Å²) in [6.45, 7) is 7.90. The summed E-state index contributed by atoms with van der Waals surface area (Å²) < 4.78 is 11.1. The van der Waals surface area contributed by atoms with E-state index in [1.54, 1.807) is 14.1 Å². The van der Waals surface area contributed by atoms with E-state index >= 15 is 0 Å². The fourth-order valence-electron chi connectivity index (χ4n) is 2.23. The summed E-state index contributed by atoms with van der Waals surface area (Å²) >= 11 is 0. The molecule has 1 aliphatic heterocycles. The van der Waals surface area contributed by atoms with E-state index in [1.165, 1.54) is 4.90 Å². The molecule has 2 N–H and O–H groups in total. The van der Waals surface area contributed by atoms with Gasteiger partial charge >= 0.3 is 0 Å². The quantitative estimate of drug-likeness (QED) is 0.368. The van der Waals surface area contributed by atoms with Gasteiger partial charge in [-0.25, -0.2) is 4.99 Å². The molecule has 0 aromatic heterocycles. The molecule has 1 unspecified atom stereocenters. The van der Waals surface area contributed by atoms with Crippen molar-refractivity contribution in [1.29, 1.82) is 0 Å². The first-order valence-electron chi connectivity index (χ1n) is 8.41. The predicted molar refractivity (Wildman–Crippen MR) is 91.7 cm³/mol. The van der Waals surface area contributed by atoms with Crippen molar-refractivity contribution in [2.75, 3.05) is 53.6 Å². The second-order valence-corrected chi connectivity index (χ2v) is 6.19. The maximum Gasteiger partial charge on any atom is 0.243 e. The van der Waals surface area contributed by atoms with Gasteiger partial charge in [-0.15, -0.1) is 0 Å². The Bertz CT molecular complexity index is 380. The number of hydrogen-bond acceptors (Lipinski definition) is 4. The Morgan fingerprint density at radius 2 is 2.17 bits per heavy atom. The largest absolute Gasteiger partial charge is 0.382 e. The highest BCUT2D eigenvalue weighted by Crippen LogP contribution is 2.23. The van der Waals surface area contributed by atoms with Gasteiger partial charge in [0.1, 0.15) is 6.54 Å². The highest BCUT2D eigenvalue weighted by molar-refractivity contribution is 5.84. The van der Waals surface area contributed by atoms with E-state index in [1.807, 2.05) is 6.92 Å². The molecule has 1 amide bonds. The zero-order valence-electron chi connectivity index (χ0n) is 15.0. The van der Waals surface area contributed by atoms with Crippen LogP contribution in [0.15, 0.2) is 4.99 Å². The van der Waals surface area contributed by atoms with Crippen LogP contribution in [0.3, 0.4) is 0 Å². The van der Waals surface area contributed by atoms with Crippen molar-refractivity contribution in [3.63, 3.8) is 0 Å². The minimum Gasteiger partial charge on any atom is -0.382 e. The van der Waals surface area contributed by atoms with Crippen LogP contribution in [0.1, 0.15) is 33.1 Å². The number of aliphatic imine (C=N–C) groups is 1. The average molecular weight is 328 g/mol. The molecule has 0 aromatic rings. The third-order valence-electron chi connectivity index (χ3n) is 3.76. The van der Waals surface area contributed by atoms with E-state index in [2.05, 4.69) is 22.5 Å². The molecule has 1 atom stereocenters. The summed E-state index contributed by atoms with van der Waals surface area (Å²) in [4.78, 5) is 17.6. The third kappa shape index (κ3) is 8.18. The number of nitrogens with zero attached hydrogens (tertiary/aromatic N) is 2. The van der Waals surface area contributed by atoms with Crippen LogP contribution in [0, 0.1) is 0 Å². The first-order chi connectivity index (χ1) is 11.0. The first-order valence-corrected chi connectivity index (χ1v) is 8.41. The van der Waals surface area contributed by atoms with E-state index in [-0.39, 0.29) is 18.1 Å². The van der Waals surface area contributed by atoms with Gasteiger partial charge in [0.15, 0.2) is 5.96 Å². The van der Waals surface area contributed by atoms with Gasteiger partial charge in [-0.05, 0) is 33.1 Å². The van der Waals surface area contributed by atoms with Crippen molar-refractivity contribution in [3.05, 3.63) is 0 Å². The van der Waals surface area contributed by atoms with Gasteiger partial charge in [0.25, 0.3) is 0 Å². The molecule has 0 aromatic carbocycles. The van der Waals surface area contributed by atoms with E-state index in [0.29, 0.717) is 19.1 Å². The summed E-state index contributed by atoms with van der Waals surface area (Å²) in [6, 6.07) is 0. The van der Waals surface area contributed by atoms with Crippen LogP contribution in [-0.4, -0.2) is 75.9 Å². The fraction of sp³-hybridized carbons (Fsp3) is 0.875. The lowest BCUT2D eigenvalue weighted by atomic mass is 10.0. The Labute approximate surface area is 139 Å². The van der Waals surface area contributed by atoms with Crippen molar-refractivity contribution < 1.29 is 14.3 Å². The molecule has 1 heterocycles. The van der Waals surface area contributed by atoms with Crippen LogP contribution >= 0.6 is 0 Å². The van der Waals surface area contributed by atoms with E-state index in [0.717, 1.165) is 39.0 Å². The zero-order valence-corrected chi connectivity index (χ0v) is 15.0. The average Bonchev–Trinajstić information content (AvgIpc) is 2.95. The van der Waals surface area contributed by atoms with Crippen molar-refractivity contribution in [1.82, 2.24) is 15.5 Å². The first kappa shape index (κ1) is 19.7. The molecule has 1 aliphatic rings.